The van der Waals surface area contributed by atoms with Gasteiger partial charge in [0, 0.05) is 25.2 Å². The predicted octanol–water partition coefficient (Wildman–Crippen LogP) is 4.28. The van der Waals surface area contributed by atoms with E-state index in [-0.39, 0.29) is 17.3 Å². The zero-order valence-corrected chi connectivity index (χ0v) is 17.0. The molecule has 1 saturated heterocycles. The molecule has 4 heterocycles. The minimum atomic E-state index is -4.56. The van der Waals surface area contributed by atoms with E-state index in [1.54, 1.807) is 31.7 Å². The van der Waals surface area contributed by atoms with Crippen molar-refractivity contribution in [1.82, 2.24) is 24.5 Å². The number of rotatable bonds is 3. The molecule has 10 heteroatoms. The number of oxazole rings is 1. The third kappa shape index (κ3) is 3.54. The molecule has 1 amide bonds. The van der Waals surface area contributed by atoms with Crippen molar-refractivity contribution in [2.24, 2.45) is 0 Å². The molecule has 0 saturated carbocycles. The van der Waals surface area contributed by atoms with Crippen LogP contribution in [-0.2, 0) is 12.6 Å². The quantitative estimate of drug-likeness (QED) is 0.631. The average Bonchev–Trinajstić information content (AvgIpc) is 3.28. The second kappa shape index (κ2) is 7.41. The Morgan fingerprint density at radius 3 is 2.63 bits per heavy atom. The van der Waals surface area contributed by atoms with Crippen LogP contribution in [0.25, 0.3) is 5.65 Å². The van der Waals surface area contributed by atoms with Crippen LogP contribution in [0.5, 0.6) is 0 Å². The van der Waals surface area contributed by atoms with Gasteiger partial charge in [0.2, 0.25) is 5.76 Å². The maximum absolute atomic E-state index is 13.6. The van der Waals surface area contributed by atoms with Crippen LogP contribution < -0.4 is 0 Å². The molecule has 0 N–H and O–H groups in total. The fourth-order valence-electron chi connectivity index (χ4n) is 3.93. The van der Waals surface area contributed by atoms with Gasteiger partial charge in [-0.2, -0.15) is 18.3 Å². The third-order valence-electron chi connectivity index (χ3n) is 5.35. The SMILES string of the molecule is CCc1cc(C(F)(F)F)n2nc([C@@H]3CCCCN3C(=O)c3oc(C)nc3C)cc2n1. The lowest BCUT2D eigenvalue weighted by molar-refractivity contribution is -0.142. The predicted molar refractivity (Wildman–Crippen MR) is 101 cm³/mol. The van der Waals surface area contributed by atoms with Gasteiger partial charge in [-0.3, -0.25) is 4.79 Å². The van der Waals surface area contributed by atoms with E-state index >= 15 is 0 Å². The molecule has 0 bridgehead atoms. The van der Waals surface area contributed by atoms with Crippen molar-refractivity contribution in [3.8, 4) is 0 Å². The molecule has 1 aliphatic rings. The number of nitrogens with zero attached hydrogens (tertiary/aromatic N) is 5. The van der Waals surface area contributed by atoms with E-state index in [0.29, 0.717) is 42.4 Å². The molecule has 0 radical (unpaired) electrons. The number of carbonyl (C=O) groups excluding carboxylic acids is 1. The summed E-state index contributed by atoms with van der Waals surface area (Å²) < 4.78 is 47.1. The highest BCUT2D eigenvalue weighted by Gasteiger charge is 2.37. The van der Waals surface area contributed by atoms with E-state index in [9.17, 15) is 18.0 Å². The number of hydrogen-bond acceptors (Lipinski definition) is 5. The molecule has 0 aliphatic carbocycles. The number of likely N-dealkylation sites (tertiary alicyclic amines) is 1. The van der Waals surface area contributed by atoms with Gasteiger partial charge in [0.1, 0.15) is 5.69 Å². The molecule has 3 aromatic rings. The second-order valence-electron chi connectivity index (χ2n) is 7.48. The Balaban J connectivity index is 1.77. The van der Waals surface area contributed by atoms with E-state index in [1.165, 1.54) is 0 Å². The van der Waals surface area contributed by atoms with E-state index in [2.05, 4.69) is 15.1 Å². The Bertz CT molecular complexity index is 1100. The van der Waals surface area contributed by atoms with Crippen LogP contribution >= 0.6 is 0 Å². The molecule has 1 fully saturated rings. The molecule has 160 valence electrons. The van der Waals surface area contributed by atoms with Crippen molar-refractivity contribution in [3.63, 3.8) is 0 Å². The highest BCUT2D eigenvalue weighted by Crippen LogP contribution is 2.35. The fraction of sp³-hybridized carbons (Fsp3) is 0.500. The molecule has 0 aromatic carbocycles. The zero-order valence-electron chi connectivity index (χ0n) is 17.0. The van der Waals surface area contributed by atoms with Gasteiger partial charge < -0.3 is 9.32 Å². The van der Waals surface area contributed by atoms with Gasteiger partial charge in [0.25, 0.3) is 5.91 Å². The average molecular weight is 421 g/mol. The molecule has 7 nitrogen and oxygen atoms in total. The van der Waals surface area contributed by atoms with E-state index in [4.69, 9.17) is 4.42 Å². The van der Waals surface area contributed by atoms with Crippen LogP contribution in [0.1, 0.15) is 71.4 Å². The Kier molecular flexibility index (Phi) is 5.03. The topological polar surface area (TPSA) is 76.5 Å². The van der Waals surface area contributed by atoms with Gasteiger partial charge in [-0.15, -0.1) is 0 Å². The Labute approximate surface area is 170 Å². The standard InChI is InChI=1S/C20H22F3N5O2/c1-4-13-9-16(20(21,22)23)28-17(25-13)10-14(26-28)15-7-5-6-8-27(15)19(29)18-11(2)24-12(3)30-18/h9-10,15H,4-8H2,1-3H3/t15-/m0/s1. The zero-order chi connectivity index (χ0) is 21.6. The lowest BCUT2D eigenvalue weighted by Gasteiger charge is -2.34. The van der Waals surface area contributed by atoms with Crippen LogP contribution in [0.4, 0.5) is 13.2 Å². The summed E-state index contributed by atoms with van der Waals surface area (Å²) in [5, 5.41) is 4.23. The van der Waals surface area contributed by atoms with Crippen molar-refractivity contribution in [2.45, 2.75) is 58.7 Å². The Morgan fingerprint density at radius 1 is 1.23 bits per heavy atom. The van der Waals surface area contributed by atoms with Gasteiger partial charge in [0.05, 0.1) is 17.4 Å². The monoisotopic (exact) mass is 421 g/mol. The van der Waals surface area contributed by atoms with Gasteiger partial charge in [0.15, 0.2) is 11.5 Å². The molecule has 0 unspecified atom stereocenters. The minimum absolute atomic E-state index is 0.126. The first-order valence-corrected chi connectivity index (χ1v) is 9.90. The first kappa shape index (κ1) is 20.4. The van der Waals surface area contributed by atoms with Crippen LogP contribution in [0.15, 0.2) is 16.5 Å². The van der Waals surface area contributed by atoms with Gasteiger partial charge in [-0.25, -0.2) is 14.5 Å². The molecule has 30 heavy (non-hydrogen) atoms. The lowest BCUT2D eigenvalue weighted by atomic mass is 9.99. The fourth-order valence-corrected chi connectivity index (χ4v) is 3.93. The molecular formula is C20H22F3N5O2. The summed E-state index contributed by atoms with van der Waals surface area (Å²) in [6, 6.07) is 2.11. The smallest absolute Gasteiger partial charge is 0.433 e. The number of piperidine rings is 1. The number of aryl methyl sites for hydroxylation is 3. The van der Waals surface area contributed by atoms with Crippen LogP contribution in [0.2, 0.25) is 0 Å². The molecular weight excluding hydrogens is 399 g/mol. The summed E-state index contributed by atoms with van der Waals surface area (Å²) in [6.45, 7) is 5.57. The van der Waals surface area contributed by atoms with Crippen molar-refractivity contribution >= 4 is 11.6 Å². The number of hydrogen-bond donors (Lipinski definition) is 0. The summed E-state index contributed by atoms with van der Waals surface area (Å²) in [7, 11) is 0. The van der Waals surface area contributed by atoms with Crippen LogP contribution in [0.3, 0.4) is 0 Å². The summed E-state index contributed by atoms with van der Waals surface area (Å²) in [4.78, 5) is 23.2. The highest BCUT2D eigenvalue weighted by molar-refractivity contribution is 5.92. The summed E-state index contributed by atoms with van der Waals surface area (Å²) in [5.41, 5.74) is 0.478. The van der Waals surface area contributed by atoms with Crippen molar-refractivity contribution < 1.29 is 22.4 Å². The van der Waals surface area contributed by atoms with Gasteiger partial charge in [-0.05, 0) is 38.7 Å². The molecule has 3 aromatic heterocycles. The lowest BCUT2D eigenvalue weighted by Crippen LogP contribution is -2.38. The van der Waals surface area contributed by atoms with Crippen LogP contribution in [-0.4, -0.2) is 36.9 Å². The van der Waals surface area contributed by atoms with E-state index in [1.807, 2.05) is 0 Å². The van der Waals surface area contributed by atoms with Gasteiger partial charge >= 0.3 is 6.18 Å². The maximum atomic E-state index is 13.6. The Hall–Kier alpha value is -2.91. The van der Waals surface area contributed by atoms with E-state index in [0.717, 1.165) is 23.4 Å². The largest absolute Gasteiger partial charge is 0.436 e. The molecule has 1 aliphatic heterocycles. The van der Waals surface area contributed by atoms with Crippen molar-refractivity contribution in [3.05, 3.63) is 46.6 Å². The number of alkyl halides is 3. The van der Waals surface area contributed by atoms with Gasteiger partial charge in [-0.1, -0.05) is 6.92 Å². The number of fused-ring (bicyclic) bond motifs is 1. The first-order valence-electron chi connectivity index (χ1n) is 9.90. The normalized spacial score (nSPS) is 17.7. The van der Waals surface area contributed by atoms with Crippen LogP contribution in [0, 0.1) is 13.8 Å². The molecule has 4 rings (SSSR count). The highest BCUT2D eigenvalue weighted by atomic mass is 19.4. The Morgan fingerprint density at radius 2 is 2.00 bits per heavy atom. The van der Waals surface area contributed by atoms with Crippen molar-refractivity contribution in [1.29, 1.82) is 0 Å². The second-order valence-corrected chi connectivity index (χ2v) is 7.48. The number of carbonyl (C=O) groups is 1. The minimum Gasteiger partial charge on any atom is -0.436 e. The molecule has 1 atom stereocenters. The molecule has 0 spiro atoms. The number of halogens is 3. The van der Waals surface area contributed by atoms with E-state index < -0.39 is 17.9 Å². The third-order valence-corrected chi connectivity index (χ3v) is 5.35. The summed E-state index contributed by atoms with van der Waals surface area (Å²) in [6.07, 6.45) is -1.95. The number of aromatic nitrogens is 4. The first-order chi connectivity index (χ1) is 14.2. The van der Waals surface area contributed by atoms with Crippen molar-refractivity contribution in [2.75, 3.05) is 6.54 Å². The summed E-state index contributed by atoms with van der Waals surface area (Å²) >= 11 is 0. The summed E-state index contributed by atoms with van der Waals surface area (Å²) in [5.74, 6) is 0.224. The maximum Gasteiger partial charge on any atom is 0.433 e. The number of amides is 1.